The number of aliphatic hydroxyl groups excluding tert-OH is 1. The molecular weight excluding hydrogens is 364 g/mol. The number of ether oxygens (including phenoxy) is 1. The molecule has 0 unspecified atom stereocenters. The average molecular weight is 395 g/mol. The van der Waals surface area contributed by atoms with Crippen LogP contribution in [0.5, 0.6) is 5.75 Å². The van der Waals surface area contributed by atoms with Crippen LogP contribution in [-0.4, -0.2) is 34.6 Å². The van der Waals surface area contributed by atoms with Gasteiger partial charge in [-0.25, -0.2) is 0 Å². The first-order valence-corrected chi connectivity index (χ1v) is 10.6. The Kier molecular flexibility index (Phi) is 5.76. The van der Waals surface area contributed by atoms with Gasteiger partial charge in [-0.1, -0.05) is 43.0 Å². The van der Waals surface area contributed by atoms with E-state index in [9.17, 15) is 9.90 Å². The number of aliphatic hydroxyl groups is 1. The van der Waals surface area contributed by atoms with Crippen molar-refractivity contribution in [2.75, 3.05) is 18.5 Å². The number of nitrogens with one attached hydrogen (secondary N) is 1. The van der Waals surface area contributed by atoms with Crippen LogP contribution in [0.1, 0.15) is 48.8 Å². The van der Waals surface area contributed by atoms with Crippen LogP contribution >= 0.6 is 0 Å². The minimum Gasteiger partial charge on any atom is -0.491 e. The lowest BCUT2D eigenvalue weighted by atomic mass is 9.80. The Labute approximate surface area is 172 Å². The van der Waals surface area contributed by atoms with E-state index in [0.717, 1.165) is 48.2 Å². The number of fused-ring (bicyclic) bond motifs is 1. The summed E-state index contributed by atoms with van der Waals surface area (Å²) in [5.74, 6) is 0.963. The second-order valence-corrected chi connectivity index (χ2v) is 8.31. The summed E-state index contributed by atoms with van der Waals surface area (Å²) in [4.78, 5) is 15.8. The van der Waals surface area contributed by atoms with Gasteiger partial charge in [0.1, 0.15) is 17.9 Å². The zero-order valence-electron chi connectivity index (χ0n) is 17.1. The molecular formula is C24H30N2O3. The molecule has 0 bridgehead atoms. The highest BCUT2D eigenvalue weighted by Crippen LogP contribution is 2.35. The summed E-state index contributed by atoms with van der Waals surface area (Å²) in [5.41, 5.74) is 3.45. The monoisotopic (exact) mass is 394 g/mol. The molecule has 5 nitrogen and oxygen atoms in total. The quantitative estimate of drug-likeness (QED) is 0.822. The number of aryl methyl sites for hydroxylation is 1. The molecule has 2 aromatic rings. The molecule has 1 aliphatic heterocycles. The van der Waals surface area contributed by atoms with Crippen molar-refractivity contribution in [2.24, 2.45) is 0 Å². The molecule has 1 aliphatic carbocycles. The Morgan fingerprint density at radius 1 is 1.14 bits per heavy atom. The van der Waals surface area contributed by atoms with Crippen molar-refractivity contribution in [1.29, 1.82) is 0 Å². The third-order valence-electron chi connectivity index (χ3n) is 6.13. The first-order valence-electron chi connectivity index (χ1n) is 10.6. The summed E-state index contributed by atoms with van der Waals surface area (Å²) >= 11 is 0. The molecule has 1 heterocycles. The van der Waals surface area contributed by atoms with E-state index in [1.807, 2.05) is 23.1 Å². The highest BCUT2D eigenvalue weighted by Gasteiger charge is 2.42. The summed E-state index contributed by atoms with van der Waals surface area (Å²) in [6.45, 7) is 3.62. The number of carbonyl (C=O) groups excluding carboxylic acids is 1. The zero-order chi connectivity index (χ0) is 20.3. The smallest absolute Gasteiger partial charge is 0.248 e. The van der Waals surface area contributed by atoms with Gasteiger partial charge in [-0.05, 0) is 49.6 Å². The Morgan fingerprint density at radius 2 is 1.90 bits per heavy atom. The molecule has 2 aromatic carbocycles. The van der Waals surface area contributed by atoms with Gasteiger partial charge in [-0.3, -0.25) is 4.79 Å². The van der Waals surface area contributed by atoms with Gasteiger partial charge in [0.05, 0.1) is 13.2 Å². The van der Waals surface area contributed by atoms with Crippen LogP contribution in [0.4, 0.5) is 5.69 Å². The van der Waals surface area contributed by atoms with E-state index in [-0.39, 0.29) is 12.5 Å². The van der Waals surface area contributed by atoms with Crippen LogP contribution in [0.3, 0.4) is 0 Å². The summed E-state index contributed by atoms with van der Waals surface area (Å²) < 4.78 is 5.88. The van der Waals surface area contributed by atoms with Crippen molar-refractivity contribution in [1.82, 2.24) is 4.90 Å². The van der Waals surface area contributed by atoms with Gasteiger partial charge < -0.3 is 20.1 Å². The van der Waals surface area contributed by atoms with Gasteiger partial charge in [0.2, 0.25) is 5.91 Å². The first-order chi connectivity index (χ1) is 14.1. The van der Waals surface area contributed by atoms with Gasteiger partial charge >= 0.3 is 0 Å². The third kappa shape index (κ3) is 4.25. The number of hydrogen-bond donors (Lipinski definition) is 2. The fourth-order valence-corrected chi connectivity index (χ4v) is 4.48. The van der Waals surface area contributed by atoms with Crippen molar-refractivity contribution >= 4 is 11.6 Å². The fraction of sp³-hybridized carbons (Fsp3) is 0.458. The Balaban J connectivity index is 1.60. The largest absolute Gasteiger partial charge is 0.491 e. The molecule has 1 fully saturated rings. The molecule has 1 amide bonds. The maximum absolute atomic E-state index is 13.8. The van der Waals surface area contributed by atoms with Crippen molar-refractivity contribution in [3.63, 3.8) is 0 Å². The van der Waals surface area contributed by atoms with Gasteiger partial charge in [0.25, 0.3) is 0 Å². The number of anilines is 1. The predicted molar refractivity (Wildman–Crippen MR) is 114 cm³/mol. The second-order valence-electron chi connectivity index (χ2n) is 8.31. The molecule has 5 heteroatoms. The van der Waals surface area contributed by atoms with Crippen LogP contribution in [0, 0.1) is 6.92 Å². The van der Waals surface area contributed by atoms with E-state index in [0.29, 0.717) is 19.7 Å². The van der Waals surface area contributed by atoms with Crippen molar-refractivity contribution in [3.05, 3.63) is 59.2 Å². The molecule has 2 aliphatic rings. The normalized spacial score (nSPS) is 18.3. The lowest BCUT2D eigenvalue weighted by molar-refractivity contribution is -0.138. The van der Waals surface area contributed by atoms with Gasteiger partial charge in [0.15, 0.2) is 0 Å². The molecule has 0 spiro atoms. The molecule has 0 radical (unpaired) electrons. The number of carbonyl (C=O) groups is 1. The second kappa shape index (κ2) is 8.46. The Hall–Kier alpha value is -2.53. The minimum absolute atomic E-state index is 0.0137. The van der Waals surface area contributed by atoms with Crippen LogP contribution in [-0.2, 0) is 17.9 Å². The predicted octanol–water partition coefficient (Wildman–Crippen LogP) is 4.02. The number of hydrogen-bond acceptors (Lipinski definition) is 4. The summed E-state index contributed by atoms with van der Waals surface area (Å²) in [6.07, 6.45) is 4.98. The molecule has 0 aromatic heterocycles. The third-order valence-corrected chi connectivity index (χ3v) is 6.13. The van der Waals surface area contributed by atoms with E-state index in [1.54, 1.807) is 0 Å². The van der Waals surface area contributed by atoms with Crippen LogP contribution in [0.2, 0.25) is 0 Å². The number of amides is 1. The maximum atomic E-state index is 13.8. The fourth-order valence-electron chi connectivity index (χ4n) is 4.48. The molecule has 0 atom stereocenters. The standard InChI is InChI=1S/C24H30N2O3/c1-18-5-8-21(9-6-18)25-24(11-3-2-4-12-24)23(28)26-13-14-29-22-10-7-19(17-27)15-20(22)16-26/h5-10,15,25,27H,2-4,11-14,16-17H2,1H3. The van der Waals surface area contributed by atoms with E-state index < -0.39 is 5.54 Å². The maximum Gasteiger partial charge on any atom is 0.248 e. The number of benzene rings is 2. The van der Waals surface area contributed by atoms with Gasteiger partial charge in [0, 0.05) is 17.8 Å². The lowest BCUT2D eigenvalue weighted by Gasteiger charge is -2.40. The molecule has 1 saturated carbocycles. The Bertz CT molecular complexity index is 857. The van der Waals surface area contributed by atoms with E-state index >= 15 is 0 Å². The first kappa shape index (κ1) is 19.8. The molecule has 2 N–H and O–H groups in total. The van der Waals surface area contributed by atoms with Crippen LogP contribution in [0.25, 0.3) is 0 Å². The van der Waals surface area contributed by atoms with E-state index in [2.05, 4.69) is 36.5 Å². The van der Waals surface area contributed by atoms with Gasteiger partial charge in [-0.15, -0.1) is 0 Å². The van der Waals surface area contributed by atoms with E-state index in [1.165, 1.54) is 12.0 Å². The highest BCUT2D eigenvalue weighted by atomic mass is 16.5. The number of rotatable bonds is 4. The average Bonchev–Trinajstić information content (AvgIpc) is 2.97. The van der Waals surface area contributed by atoms with Crippen molar-refractivity contribution in [2.45, 2.75) is 57.7 Å². The summed E-state index contributed by atoms with van der Waals surface area (Å²) in [5, 5.41) is 13.1. The molecule has 0 saturated heterocycles. The summed E-state index contributed by atoms with van der Waals surface area (Å²) in [7, 11) is 0. The lowest BCUT2D eigenvalue weighted by Crippen LogP contribution is -2.55. The summed E-state index contributed by atoms with van der Waals surface area (Å²) in [6, 6.07) is 14.0. The van der Waals surface area contributed by atoms with Crippen molar-refractivity contribution < 1.29 is 14.6 Å². The number of nitrogens with zero attached hydrogens (tertiary/aromatic N) is 1. The Morgan fingerprint density at radius 3 is 2.62 bits per heavy atom. The van der Waals surface area contributed by atoms with Crippen molar-refractivity contribution in [3.8, 4) is 5.75 Å². The van der Waals surface area contributed by atoms with Crippen LogP contribution in [0.15, 0.2) is 42.5 Å². The zero-order valence-corrected chi connectivity index (χ0v) is 17.1. The molecule has 29 heavy (non-hydrogen) atoms. The van der Waals surface area contributed by atoms with E-state index in [4.69, 9.17) is 4.74 Å². The van der Waals surface area contributed by atoms with Crippen LogP contribution < -0.4 is 10.1 Å². The molecule has 154 valence electrons. The SMILES string of the molecule is Cc1ccc(NC2(C(=O)N3CCOc4ccc(CO)cc4C3)CCCCC2)cc1. The molecule has 4 rings (SSSR count). The van der Waals surface area contributed by atoms with Gasteiger partial charge in [-0.2, -0.15) is 0 Å². The topological polar surface area (TPSA) is 61.8 Å². The highest BCUT2D eigenvalue weighted by molar-refractivity contribution is 5.89. The minimum atomic E-state index is -0.563.